The fraction of sp³-hybridized carbons (Fsp3) is 0.750. The molecule has 5 heteroatoms. The van der Waals surface area contributed by atoms with Gasteiger partial charge in [-0.2, -0.15) is 0 Å². The number of imide groups is 1. The number of hydrogen-bond acceptors (Lipinski definition) is 3. The van der Waals surface area contributed by atoms with Gasteiger partial charge in [0.15, 0.2) is 0 Å². The van der Waals surface area contributed by atoms with Crippen molar-refractivity contribution in [1.82, 2.24) is 10.6 Å². The van der Waals surface area contributed by atoms with Crippen LogP contribution in [0.3, 0.4) is 0 Å². The number of rotatable bonds is 1. The summed E-state index contributed by atoms with van der Waals surface area (Å²) in [4.78, 5) is 22.5. The maximum Gasteiger partial charge on any atom is 0.322 e. The lowest BCUT2D eigenvalue weighted by Gasteiger charge is -2.26. The van der Waals surface area contributed by atoms with Crippen molar-refractivity contribution in [2.24, 2.45) is 11.7 Å². The molecule has 4 N–H and O–H groups in total. The first kappa shape index (κ1) is 8.50. The van der Waals surface area contributed by atoms with Crippen LogP contribution in [0.15, 0.2) is 0 Å². The minimum absolute atomic E-state index is 0.0962. The first-order chi connectivity index (χ1) is 6.19. The zero-order valence-electron chi connectivity index (χ0n) is 7.30. The van der Waals surface area contributed by atoms with Gasteiger partial charge in [-0.1, -0.05) is 6.42 Å². The summed E-state index contributed by atoms with van der Waals surface area (Å²) >= 11 is 0. The van der Waals surface area contributed by atoms with Crippen LogP contribution in [0.25, 0.3) is 0 Å². The monoisotopic (exact) mass is 183 g/mol. The van der Waals surface area contributed by atoms with Gasteiger partial charge in [-0.05, 0) is 19.4 Å². The summed E-state index contributed by atoms with van der Waals surface area (Å²) in [7, 11) is 0. The summed E-state index contributed by atoms with van der Waals surface area (Å²) < 4.78 is 0. The summed E-state index contributed by atoms with van der Waals surface area (Å²) in [6.45, 7) is 0.452. The van der Waals surface area contributed by atoms with Crippen LogP contribution in [0, 0.1) is 5.92 Å². The average molecular weight is 183 g/mol. The molecule has 72 valence electrons. The lowest BCUT2D eigenvalue weighted by molar-refractivity contribution is -0.125. The van der Waals surface area contributed by atoms with Gasteiger partial charge >= 0.3 is 6.03 Å². The highest BCUT2D eigenvalue weighted by molar-refractivity contribution is 6.07. The molecule has 0 radical (unpaired) electrons. The van der Waals surface area contributed by atoms with Crippen molar-refractivity contribution in [2.45, 2.75) is 24.8 Å². The highest BCUT2D eigenvalue weighted by Crippen LogP contribution is 2.36. The fourth-order valence-electron chi connectivity index (χ4n) is 2.37. The Morgan fingerprint density at radius 1 is 1.54 bits per heavy atom. The van der Waals surface area contributed by atoms with Crippen LogP contribution < -0.4 is 16.4 Å². The van der Waals surface area contributed by atoms with Crippen LogP contribution in [0.2, 0.25) is 0 Å². The lowest BCUT2D eigenvalue weighted by atomic mass is 9.87. The molecule has 2 fully saturated rings. The zero-order valence-corrected chi connectivity index (χ0v) is 7.30. The van der Waals surface area contributed by atoms with E-state index in [1.807, 2.05) is 0 Å². The normalized spacial score (nSPS) is 38.1. The zero-order chi connectivity index (χ0) is 9.47. The number of amides is 3. The highest BCUT2D eigenvalue weighted by Gasteiger charge is 2.53. The Labute approximate surface area is 76.0 Å². The predicted molar refractivity (Wildman–Crippen MR) is 45.8 cm³/mol. The number of nitrogens with one attached hydrogen (secondary N) is 2. The average Bonchev–Trinajstić information content (AvgIpc) is 2.59. The third-order valence-electron chi connectivity index (χ3n) is 3.07. The Morgan fingerprint density at radius 3 is 2.85 bits per heavy atom. The van der Waals surface area contributed by atoms with Crippen molar-refractivity contribution in [1.29, 1.82) is 0 Å². The summed E-state index contributed by atoms with van der Waals surface area (Å²) in [6, 6.07) is -0.384. The molecule has 0 unspecified atom stereocenters. The molecular weight excluding hydrogens is 170 g/mol. The number of nitrogens with two attached hydrogens (primary N) is 1. The standard InChI is InChI=1S/C8H13N3O2/c9-4-5-2-1-3-8(5)6(12)10-7(13)11-8/h5H,1-4,9H2,(H2,10,11,12,13)/t5-,8-/m1/s1. The molecule has 0 aromatic carbocycles. The van der Waals surface area contributed by atoms with Gasteiger partial charge in [0.1, 0.15) is 5.54 Å². The number of urea groups is 1. The topological polar surface area (TPSA) is 84.2 Å². The Bertz CT molecular complexity index is 266. The minimum atomic E-state index is -0.689. The van der Waals surface area contributed by atoms with Crippen molar-refractivity contribution in [2.75, 3.05) is 6.54 Å². The van der Waals surface area contributed by atoms with E-state index in [2.05, 4.69) is 10.6 Å². The van der Waals surface area contributed by atoms with Crippen LogP contribution in [-0.4, -0.2) is 24.0 Å². The highest BCUT2D eigenvalue weighted by atomic mass is 16.2. The van der Waals surface area contributed by atoms with Crippen LogP contribution in [0.5, 0.6) is 0 Å². The van der Waals surface area contributed by atoms with Gasteiger partial charge in [-0.25, -0.2) is 4.79 Å². The third-order valence-corrected chi connectivity index (χ3v) is 3.07. The van der Waals surface area contributed by atoms with Crippen LogP contribution >= 0.6 is 0 Å². The van der Waals surface area contributed by atoms with E-state index in [4.69, 9.17) is 5.73 Å². The number of carbonyl (C=O) groups excluding carboxylic acids is 2. The maximum absolute atomic E-state index is 11.5. The molecular formula is C8H13N3O2. The maximum atomic E-state index is 11.5. The van der Waals surface area contributed by atoms with Crippen molar-refractivity contribution < 1.29 is 9.59 Å². The molecule has 2 aliphatic rings. The quantitative estimate of drug-likeness (QED) is 0.471. The second-order valence-electron chi connectivity index (χ2n) is 3.70. The van der Waals surface area contributed by atoms with Crippen LogP contribution in [0.1, 0.15) is 19.3 Å². The summed E-state index contributed by atoms with van der Waals surface area (Å²) in [6.07, 6.45) is 2.59. The first-order valence-corrected chi connectivity index (χ1v) is 4.53. The first-order valence-electron chi connectivity index (χ1n) is 4.53. The number of carbonyl (C=O) groups is 2. The van der Waals surface area contributed by atoms with E-state index in [0.717, 1.165) is 12.8 Å². The molecule has 2 atom stereocenters. The minimum Gasteiger partial charge on any atom is -0.330 e. The van der Waals surface area contributed by atoms with Crippen LogP contribution in [0.4, 0.5) is 4.79 Å². The second-order valence-corrected chi connectivity index (χ2v) is 3.70. The molecule has 1 aliphatic heterocycles. The Balaban J connectivity index is 2.28. The molecule has 1 heterocycles. The SMILES string of the molecule is NC[C@H]1CCC[C@@]12NC(=O)NC2=O. The smallest absolute Gasteiger partial charge is 0.322 e. The predicted octanol–water partition coefficient (Wildman–Crippen LogP) is -0.677. The van der Waals surface area contributed by atoms with E-state index in [1.54, 1.807) is 0 Å². The summed E-state index contributed by atoms with van der Waals surface area (Å²) in [5.74, 6) is -0.107. The van der Waals surface area contributed by atoms with E-state index >= 15 is 0 Å². The molecule has 2 rings (SSSR count). The van der Waals surface area contributed by atoms with E-state index in [9.17, 15) is 9.59 Å². The van der Waals surface area contributed by atoms with Crippen LogP contribution in [-0.2, 0) is 4.79 Å². The molecule has 13 heavy (non-hydrogen) atoms. The van der Waals surface area contributed by atoms with E-state index in [0.29, 0.717) is 13.0 Å². The molecule has 5 nitrogen and oxygen atoms in total. The largest absolute Gasteiger partial charge is 0.330 e. The summed E-state index contributed by atoms with van der Waals surface area (Å²) in [5.41, 5.74) is 4.88. The molecule has 3 amide bonds. The van der Waals surface area contributed by atoms with Gasteiger partial charge in [-0.3, -0.25) is 10.1 Å². The molecule has 1 saturated heterocycles. The fourth-order valence-corrected chi connectivity index (χ4v) is 2.37. The van der Waals surface area contributed by atoms with Crippen molar-refractivity contribution >= 4 is 11.9 Å². The van der Waals surface area contributed by atoms with E-state index in [-0.39, 0.29) is 17.9 Å². The molecule has 1 aliphatic carbocycles. The van der Waals surface area contributed by atoms with Gasteiger partial charge in [-0.15, -0.1) is 0 Å². The molecule has 0 bridgehead atoms. The number of hydrogen-bond donors (Lipinski definition) is 3. The van der Waals surface area contributed by atoms with Gasteiger partial charge in [0.2, 0.25) is 0 Å². The molecule has 0 aromatic rings. The van der Waals surface area contributed by atoms with Gasteiger partial charge in [0.25, 0.3) is 5.91 Å². The molecule has 0 aromatic heterocycles. The van der Waals surface area contributed by atoms with E-state index in [1.165, 1.54) is 0 Å². The Morgan fingerprint density at radius 2 is 2.31 bits per heavy atom. The molecule has 1 spiro atoms. The van der Waals surface area contributed by atoms with Gasteiger partial charge < -0.3 is 11.1 Å². The lowest BCUT2D eigenvalue weighted by Crippen LogP contribution is -2.52. The third kappa shape index (κ3) is 1.03. The Hall–Kier alpha value is -1.10. The molecule has 1 saturated carbocycles. The van der Waals surface area contributed by atoms with Crippen molar-refractivity contribution in [3.05, 3.63) is 0 Å². The van der Waals surface area contributed by atoms with Gasteiger partial charge in [0.05, 0.1) is 0 Å². The Kier molecular flexibility index (Phi) is 1.76. The van der Waals surface area contributed by atoms with E-state index < -0.39 is 5.54 Å². The van der Waals surface area contributed by atoms with Crippen molar-refractivity contribution in [3.8, 4) is 0 Å². The van der Waals surface area contributed by atoms with Gasteiger partial charge in [0, 0.05) is 5.92 Å². The van der Waals surface area contributed by atoms with Crippen molar-refractivity contribution in [3.63, 3.8) is 0 Å². The summed E-state index contributed by atoms with van der Waals surface area (Å²) in [5, 5.41) is 4.97. The second kappa shape index (κ2) is 2.70.